The van der Waals surface area contributed by atoms with E-state index in [-0.39, 0.29) is 6.16 Å². The lowest BCUT2D eigenvalue weighted by Crippen LogP contribution is -1.93. The van der Waals surface area contributed by atoms with Crippen molar-refractivity contribution in [3.05, 3.63) is 34.9 Å². The summed E-state index contributed by atoms with van der Waals surface area (Å²) in [5.74, 6) is 0. The first-order valence-corrected chi connectivity index (χ1v) is 6.14. The number of hydrogen-bond donors (Lipinski definition) is 1. The quantitative estimate of drug-likeness (QED) is 0.787. The summed E-state index contributed by atoms with van der Waals surface area (Å²) in [7, 11) is -2.18. The van der Waals surface area contributed by atoms with E-state index in [4.69, 9.17) is 0 Å². The maximum absolute atomic E-state index is 11.3. The molecule has 0 aliphatic carbocycles. The van der Waals surface area contributed by atoms with Crippen molar-refractivity contribution in [3.8, 4) is 0 Å². The first-order valence-electron chi connectivity index (χ1n) is 4.38. The van der Waals surface area contributed by atoms with Crippen LogP contribution in [0.4, 0.5) is 0 Å². The van der Waals surface area contributed by atoms with Crippen molar-refractivity contribution in [3.63, 3.8) is 0 Å². The first-order chi connectivity index (χ1) is 6.44. The molecule has 0 amide bonds. The van der Waals surface area contributed by atoms with E-state index in [0.29, 0.717) is 0 Å². The fourth-order valence-electron chi connectivity index (χ4n) is 1.30. The Bertz CT molecular complexity index is 374. The molecule has 1 N–H and O–H groups in total. The van der Waals surface area contributed by atoms with Crippen LogP contribution in [0, 0.1) is 13.8 Å². The van der Waals surface area contributed by atoms with Crippen LogP contribution in [-0.4, -0.2) is 12.0 Å². The summed E-state index contributed by atoms with van der Waals surface area (Å²) < 4.78 is 15.9. The van der Waals surface area contributed by atoms with Gasteiger partial charge < -0.3 is 9.42 Å². The van der Waals surface area contributed by atoms with Gasteiger partial charge in [0, 0.05) is 7.11 Å². The van der Waals surface area contributed by atoms with Crippen LogP contribution >= 0.6 is 7.60 Å². The molecule has 0 fully saturated rings. The predicted octanol–water partition coefficient (Wildman–Crippen LogP) is 2.64. The standard InChI is InChI=1S/C10H15O3P/c1-8-4-5-10(9(2)6-8)7-14(11,12)13-3/h4-6H,7H2,1-3H3,(H,11,12). The molecule has 0 saturated heterocycles. The predicted molar refractivity (Wildman–Crippen MR) is 56.5 cm³/mol. The molecule has 0 heterocycles. The number of hydrogen-bond acceptors (Lipinski definition) is 2. The minimum Gasteiger partial charge on any atom is -0.324 e. The molecule has 1 aromatic rings. The monoisotopic (exact) mass is 214 g/mol. The highest BCUT2D eigenvalue weighted by atomic mass is 31.2. The zero-order valence-electron chi connectivity index (χ0n) is 8.65. The number of benzene rings is 1. The number of aryl methyl sites for hydroxylation is 2. The van der Waals surface area contributed by atoms with Gasteiger partial charge >= 0.3 is 7.60 Å². The summed E-state index contributed by atoms with van der Waals surface area (Å²) >= 11 is 0. The highest BCUT2D eigenvalue weighted by molar-refractivity contribution is 7.51. The average molecular weight is 214 g/mol. The van der Waals surface area contributed by atoms with Gasteiger partial charge in [-0.05, 0) is 25.0 Å². The molecule has 0 radical (unpaired) electrons. The van der Waals surface area contributed by atoms with E-state index in [2.05, 4.69) is 4.52 Å². The molecule has 1 rings (SSSR count). The molecule has 14 heavy (non-hydrogen) atoms. The molecule has 1 unspecified atom stereocenters. The fourth-order valence-corrected chi connectivity index (χ4v) is 2.22. The number of rotatable bonds is 3. The van der Waals surface area contributed by atoms with Crippen LogP contribution in [0.25, 0.3) is 0 Å². The second kappa shape index (κ2) is 4.26. The van der Waals surface area contributed by atoms with Crippen LogP contribution in [0.15, 0.2) is 18.2 Å². The Morgan fingerprint density at radius 1 is 1.43 bits per heavy atom. The molecule has 1 aromatic carbocycles. The first kappa shape index (κ1) is 11.4. The topological polar surface area (TPSA) is 46.5 Å². The molecule has 0 aromatic heterocycles. The Kier molecular flexibility index (Phi) is 3.48. The average Bonchev–Trinajstić information content (AvgIpc) is 2.10. The van der Waals surface area contributed by atoms with Crippen molar-refractivity contribution in [1.82, 2.24) is 0 Å². The van der Waals surface area contributed by atoms with Gasteiger partial charge in [-0.3, -0.25) is 4.57 Å². The zero-order valence-corrected chi connectivity index (χ0v) is 9.54. The summed E-state index contributed by atoms with van der Waals surface area (Å²) in [6, 6.07) is 5.79. The van der Waals surface area contributed by atoms with Crippen molar-refractivity contribution >= 4 is 7.60 Å². The van der Waals surface area contributed by atoms with Crippen molar-refractivity contribution in [2.45, 2.75) is 20.0 Å². The third-order valence-corrected chi connectivity index (χ3v) is 3.46. The fraction of sp³-hybridized carbons (Fsp3) is 0.400. The van der Waals surface area contributed by atoms with Gasteiger partial charge in [-0.25, -0.2) is 0 Å². The molecule has 78 valence electrons. The lowest BCUT2D eigenvalue weighted by Gasteiger charge is -2.11. The molecule has 0 bridgehead atoms. The van der Waals surface area contributed by atoms with E-state index in [1.54, 1.807) is 0 Å². The third-order valence-electron chi connectivity index (χ3n) is 2.15. The van der Waals surface area contributed by atoms with Crippen LogP contribution in [0.1, 0.15) is 16.7 Å². The van der Waals surface area contributed by atoms with Gasteiger partial charge in [-0.15, -0.1) is 0 Å². The smallest absolute Gasteiger partial charge is 0.324 e. The SMILES string of the molecule is COP(=O)(O)Cc1ccc(C)cc1C. The Morgan fingerprint density at radius 2 is 2.07 bits per heavy atom. The molecule has 4 heteroatoms. The Balaban J connectivity index is 2.93. The Hall–Kier alpha value is -0.630. The summed E-state index contributed by atoms with van der Waals surface area (Å²) in [6.45, 7) is 3.92. The van der Waals surface area contributed by atoms with Crippen LogP contribution in [0.3, 0.4) is 0 Å². The second-order valence-corrected chi connectivity index (χ2v) is 5.36. The van der Waals surface area contributed by atoms with Crippen molar-refractivity contribution in [2.75, 3.05) is 7.11 Å². The minimum atomic E-state index is -3.44. The van der Waals surface area contributed by atoms with E-state index in [9.17, 15) is 9.46 Å². The van der Waals surface area contributed by atoms with Gasteiger partial charge in [0.2, 0.25) is 0 Å². The zero-order chi connectivity index (χ0) is 10.8. The molecular weight excluding hydrogens is 199 g/mol. The molecule has 3 nitrogen and oxygen atoms in total. The Labute approximate surface area is 84.3 Å². The molecule has 1 atom stereocenters. The van der Waals surface area contributed by atoms with Gasteiger partial charge in [0.05, 0.1) is 6.16 Å². The van der Waals surface area contributed by atoms with Crippen LogP contribution in [0.2, 0.25) is 0 Å². The van der Waals surface area contributed by atoms with Gasteiger partial charge in [-0.1, -0.05) is 23.8 Å². The maximum Gasteiger partial charge on any atom is 0.332 e. The Morgan fingerprint density at radius 3 is 2.57 bits per heavy atom. The highest BCUT2D eigenvalue weighted by Crippen LogP contribution is 2.45. The van der Waals surface area contributed by atoms with E-state index >= 15 is 0 Å². The second-order valence-electron chi connectivity index (χ2n) is 3.41. The van der Waals surface area contributed by atoms with Crippen LogP contribution in [0.5, 0.6) is 0 Å². The van der Waals surface area contributed by atoms with Gasteiger partial charge in [-0.2, -0.15) is 0 Å². The van der Waals surface area contributed by atoms with Crippen LogP contribution < -0.4 is 0 Å². The summed E-state index contributed by atoms with van der Waals surface area (Å²) in [5.41, 5.74) is 3.04. The summed E-state index contributed by atoms with van der Waals surface area (Å²) in [6.07, 6.45) is 0.0790. The molecule has 0 aliphatic rings. The van der Waals surface area contributed by atoms with Crippen molar-refractivity contribution in [1.29, 1.82) is 0 Å². The molecule has 0 aliphatic heterocycles. The van der Waals surface area contributed by atoms with E-state index < -0.39 is 7.60 Å². The van der Waals surface area contributed by atoms with E-state index in [1.807, 2.05) is 32.0 Å². The minimum absolute atomic E-state index is 0.0790. The lowest BCUT2D eigenvalue weighted by atomic mass is 10.1. The van der Waals surface area contributed by atoms with E-state index in [0.717, 1.165) is 16.7 Å². The van der Waals surface area contributed by atoms with Crippen LogP contribution in [-0.2, 0) is 15.3 Å². The lowest BCUT2D eigenvalue weighted by molar-refractivity contribution is 0.314. The van der Waals surface area contributed by atoms with Gasteiger partial charge in [0.15, 0.2) is 0 Å². The van der Waals surface area contributed by atoms with Gasteiger partial charge in [0.25, 0.3) is 0 Å². The normalized spacial score (nSPS) is 15.1. The third kappa shape index (κ3) is 2.95. The maximum atomic E-state index is 11.3. The highest BCUT2D eigenvalue weighted by Gasteiger charge is 2.18. The van der Waals surface area contributed by atoms with Gasteiger partial charge in [0.1, 0.15) is 0 Å². The van der Waals surface area contributed by atoms with Crippen molar-refractivity contribution in [2.24, 2.45) is 0 Å². The molecule has 0 spiro atoms. The van der Waals surface area contributed by atoms with Crippen molar-refractivity contribution < 1.29 is 14.0 Å². The summed E-state index contributed by atoms with van der Waals surface area (Å²) in [4.78, 5) is 9.30. The summed E-state index contributed by atoms with van der Waals surface area (Å²) in [5, 5.41) is 0. The van der Waals surface area contributed by atoms with E-state index in [1.165, 1.54) is 7.11 Å². The molecular formula is C10H15O3P. The largest absolute Gasteiger partial charge is 0.332 e. The molecule has 0 saturated carbocycles.